The van der Waals surface area contributed by atoms with Crippen molar-refractivity contribution in [2.24, 2.45) is 0 Å². The quantitative estimate of drug-likeness (QED) is 0.861. The molecule has 4 rings (SSSR count). The fourth-order valence-corrected chi connectivity index (χ4v) is 3.66. The topological polar surface area (TPSA) is 54.6 Å². The first-order valence-electron chi connectivity index (χ1n) is 8.63. The van der Waals surface area contributed by atoms with E-state index in [0.29, 0.717) is 0 Å². The Hall–Kier alpha value is -1.92. The van der Waals surface area contributed by atoms with Crippen LogP contribution in [0.15, 0.2) is 35.4 Å². The second kappa shape index (κ2) is 6.53. The molecule has 6 nitrogen and oxygen atoms in total. The van der Waals surface area contributed by atoms with Crippen molar-refractivity contribution in [2.45, 2.75) is 31.9 Å². The third-order valence-corrected chi connectivity index (χ3v) is 5.04. The Morgan fingerprint density at radius 1 is 1.17 bits per heavy atom. The summed E-state index contributed by atoms with van der Waals surface area (Å²) in [6, 6.07) is 2.04. The number of aromatic nitrogens is 2. The first-order valence-corrected chi connectivity index (χ1v) is 8.63. The minimum atomic E-state index is -0.0246. The largest absolute Gasteiger partial charge is 0.472 e. The van der Waals surface area contributed by atoms with Gasteiger partial charge in [-0.3, -0.25) is 4.90 Å². The van der Waals surface area contributed by atoms with Crippen LogP contribution < -0.4 is 4.90 Å². The van der Waals surface area contributed by atoms with Gasteiger partial charge in [0.15, 0.2) is 0 Å². The minimum absolute atomic E-state index is 0.0246. The van der Waals surface area contributed by atoms with Crippen LogP contribution in [0.2, 0.25) is 0 Å². The van der Waals surface area contributed by atoms with Crippen molar-refractivity contribution in [2.75, 3.05) is 37.7 Å². The zero-order chi connectivity index (χ0) is 16.4. The highest BCUT2D eigenvalue weighted by molar-refractivity contribution is 5.31. The van der Waals surface area contributed by atoms with Crippen LogP contribution in [0, 0.1) is 6.92 Å². The van der Waals surface area contributed by atoms with Crippen LogP contribution in [0.4, 0.5) is 5.95 Å². The maximum atomic E-state index is 6.23. The molecule has 0 amide bonds. The van der Waals surface area contributed by atoms with Crippen molar-refractivity contribution in [1.82, 2.24) is 14.9 Å². The van der Waals surface area contributed by atoms with Crippen LogP contribution in [0.5, 0.6) is 0 Å². The molecule has 0 unspecified atom stereocenters. The lowest BCUT2D eigenvalue weighted by Gasteiger charge is -2.47. The van der Waals surface area contributed by atoms with Crippen molar-refractivity contribution >= 4 is 5.95 Å². The second-order valence-electron chi connectivity index (χ2n) is 6.92. The lowest BCUT2D eigenvalue weighted by atomic mass is 9.89. The molecule has 128 valence electrons. The standard InChI is InChI=1S/C18H24N4O2/c1-15-10-19-17(20-11-15)22-5-3-18(4-6-22)14-21(7-9-24-18)12-16-2-8-23-13-16/h2,8,10-11,13H,3-7,9,12,14H2,1H3. The molecular weight excluding hydrogens is 304 g/mol. The summed E-state index contributed by atoms with van der Waals surface area (Å²) >= 11 is 0. The average molecular weight is 328 g/mol. The molecule has 2 aromatic rings. The van der Waals surface area contributed by atoms with Gasteiger partial charge in [0.1, 0.15) is 0 Å². The lowest BCUT2D eigenvalue weighted by molar-refractivity contribution is -0.122. The molecule has 0 aromatic carbocycles. The van der Waals surface area contributed by atoms with Crippen molar-refractivity contribution < 1.29 is 9.15 Å². The van der Waals surface area contributed by atoms with E-state index in [9.17, 15) is 0 Å². The summed E-state index contributed by atoms with van der Waals surface area (Å²) in [6.07, 6.45) is 9.39. The van der Waals surface area contributed by atoms with Gasteiger partial charge in [0, 0.05) is 50.7 Å². The number of piperidine rings is 1. The molecule has 0 N–H and O–H groups in total. The number of rotatable bonds is 3. The Bertz CT molecular complexity index is 648. The Morgan fingerprint density at radius 3 is 2.67 bits per heavy atom. The van der Waals surface area contributed by atoms with Crippen LogP contribution in [-0.4, -0.2) is 53.3 Å². The monoisotopic (exact) mass is 328 g/mol. The number of anilines is 1. The molecule has 4 heterocycles. The zero-order valence-corrected chi connectivity index (χ0v) is 14.1. The number of hydrogen-bond donors (Lipinski definition) is 0. The SMILES string of the molecule is Cc1cnc(N2CCC3(CC2)CN(Cc2ccoc2)CCO3)nc1. The first-order chi connectivity index (χ1) is 11.7. The molecule has 2 aliphatic rings. The Labute approximate surface area is 142 Å². The highest BCUT2D eigenvalue weighted by Gasteiger charge is 2.40. The van der Waals surface area contributed by atoms with Gasteiger partial charge in [-0.05, 0) is 31.4 Å². The van der Waals surface area contributed by atoms with Gasteiger partial charge in [-0.2, -0.15) is 0 Å². The summed E-state index contributed by atoms with van der Waals surface area (Å²) in [5.41, 5.74) is 2.30. The van der Waals surface area contributed by atoms with Crippen molar-refractivity contribution in [3.8, 4) is 0 Å². The predicted octanol–water partition coefficient (Wildman–Crippen LogP) is 2.25. The number of morpholine rings is 1. The third-order valence-electron chi connectivity index (χ3n) is 5.04. The molecule has 0 saturated carbocycles. The predicted molar refractivity (Wildman–Crippen MR) is 90.9 cm³/mol. The summed E-state index contributed by atoms with van der Waals surface area (Å²) in [4.78, 5) is 13.7. The Kier molecular flexibility index (Phi) is 4.24. The van der Waals surface area contributed by atoms with Gasteiger partial charge in [0.25, 0.3) is 0 Å². The molecular formula is C18H24N4O2. The molecule has 2 aliphatic heterocycles. The molecule has 0 aliphatic carbocycles. The van der Waals surface area contributed by atoms with Gasteiger partial charge in [0.05, 0.1) is 24.7 Å². The highest BCUT2D eigenvalue weighted by atomic mass is 16.5. The van der Waals surface area contributed by atoms with Gasteiger partial charge in [-0.1, -0.05) is 0 Å². The molecule has 24 heavy (non-hydrogen) atoms. The minimum Gasteiger partial charge on any atom is -0.472 e. The number of aryl methyl sites for hydroxylation is 1. The molecule has 0 atom stereocenters. The van der Waals surface area contributed by atoms with Gasteiger partial charge in [0.2, 0.25) is 5.95 Å². The molecule has 6 heteroatoms. The van der Waals surface area contributed by atoms with E-state index in [0.717, 1.165) is 63.7 Å². The first kappa shape index (κ1) is 15.6. The van der Waals surface area contributed by atoms with Crippen molar-refractivity contribution in [3.63, 3.8) is 0 Å². The van der Waals surface area contributed by atoms with Crippen LogP contribution in [-0.2, 0) is 11.3 Å². The molecule has 1 spiro atoms. The van der Waals surface area contributed by atoms with E-state index in [1.165, 1.54) is 5.56 Å². The van der Waals surface area contributed by atoms with E-state index in [-0.39, 0.29) is 5.60 Å². The smallest absolute Gasteiger partial charge is 0.225 e. The van der Waals surface area contributed by atoms with E-state index in [1.807, 2.05) is 31.6 Å². The normalized spacial score (nSPS) is 21.3. The lowest BCUT2D eigenvalue weighted by Crippen LogP contribution is -2.56. The molecule has 0 radical (unpaired) electrons. The number of nitrogens with zero attached hydrogens (tertiary/aromatic N) is 4. The van der Waals surface area contributed by atoms with E-state index in [1.54, 1.807) is 6.26 Å². The zero-order valence-electron chi connectivity index (χ0n) is 14.1. The third kappa shape index (κ3) is 3.30. The van der Waals surface area contributed by atoms with Crippen molar-refractivity contribution in [3.05, 3.63) is 42.1 Å². The highest BCUT2D eigenvalue weighted by Crippen LogP contribution is 2.31. The average Bonchev–Trinajstić information content (AvgIpc) is 3.10. The second-order valence-corrected chi connectivity index (χ2v) is 6.92. The van der Waals surface area contributed by atoms with E-state index >= 15 is 0 Å². The summed E-state index contributed by atoms with van der Waals surface area (Å²) in [5, 5.41) is 0. The van der Waals surface area contributed by atoms with Gasteiger partial charge < -0.3 is 14.1 Å². The molecule has 2 fully saturated rings. The van der Waals surface area contributed by atoms with Crippen LogP contribution in [0.25, 0.3) is 0 Å². The Balaban J connectivity index is 1.37. The summed E-state index contributed by atoms with van der Waals surface area (Å²) in [6.45, 7) is 7.62. The van der Waals surface area contributed by atoms with E-state index in [2.05, 4.69) is 19.8 Å². The fraction of sp³-hybridized carbons (Fsp3) is 0.556. The van der Waals surface area contributed by atoms with E-state index < -0.39 is 0 Å². The number of furan rings is 1. The fourth-order valence-electron chi connectivity index (χ4n) is 3.66. The molecule has 2 aromatic heterocycles. The van der Waals surface area contributed by atoms with Crippen LogP contribution in [0.1, 0.15) is 24.0 Å². The van der Waals surface area contributed by atoms with Crippen LogP contribution >= 0.6 is 0 Å². The number of ether oxygens (including phenoxy) is 1. The number of hydrogen-bond acceptors (Lipinski definition) is 6. The van der Waals surface area contributed by atoms with Gasteiger partial charge >= 0.3 is 0 Å². The van der Waals surface area contributed by atoms with E-state index in [4.69, 9.17) is 9.15 Å². The maximum Gasteiger partial charge on any atom is 0.225 e. The molecule has 2 saturated heterocycles. The molecule has 0 bridgehead atoms. The van der Waals surface area contributed by atoms with Gasteiger partial charge in [-0.25, -0.2) is 9.97 Å². The summed E-state index contributed by atoms with van der Waals surface area (Å²) in [7, 11) is 0. The summed E-state index contributed by atoms with van der Waals surface area (Å²) in [5.74, 6) is 0.835. The maximum absolute atomic E-state index is 6.23. The summed E-state index contributed by atoms with van der Waals surface area (Å²) < 4.78 is 11.4. The van der Waals surface area contributed by atoms with Gasteiger partial charge in [-0.15, -0.1) is 0 Å². The van der Waals surface area contributed by atoms with Crippen molar-refractivity contribution in [1.29, 1.82) is 0 Å². The Morgan fingerprint density at radius 2 is 1.96 bits per heavy atom. The van der Waals surface area contributed by atoms with Crippen LogP contribution in [0.3, 0.4) is 0 Å².